The van der Waals surface area contributed by atoms with Gasteiger partial charge in [0.2, 0.25) is 5.90 Å². The zero-order valence-corrected chi connectivity index (χ0v) is 28.9. The number of fused-ring (bicyclic) bond motifs is 2. The molecule has 0 radical (unpaired) electrons. The number of ether oxygens (including phenoxy) is 2. The van der Waals surface area contributed by atoms with Crippen molar-refractivity contribution in [3.63, 3.8) is 0 Å². The first-order chi connectivity index (χ1) is 21.6. The van der Waals surface area contributed by atoms with Crippen molar-refractivity contribution < 1.29 is 47.0 Å². The summed E-state index contributed by atoms with van der Waals surface area (Å²) in [6, 6.07) is -5.46. The second-order valence-electron chi connectivity index (χ2n) is 11.5. The monoisotopic (exact) mass is 728 g/mol. The van der Waals surface area contributed by atoms with Gasteiger partial charge < -0.3 is 20.9 Å². The number of aliphatic imine (C=N–C) groups is 2. The van der Waals surface area contributed by atoms with Crippen LogP contribution >= 0.6 is 47.0 Å². The van der Waals surface area contributed by atoms with Crippen LogP contribution in [-0.4, -0.2) is 68.7 Å². The maximum Gasteiger partial charge on any atom is 0.362 e. The lowest BCUT2D eigenvalue weighted by atomic mass is 10.1. The minimum atomic E-state index is -1.44. The van der Waals surface area contributed by atoms with Crippen molar-refractivity contribution in [2.45, 2.75) is 79.3 Å². The lowest BCUT2D eigenvalue weighted by Crippen LogP contribution is -2.49. The van der Waals surface area contributed by atoms with E-state index in [-0.39, 0.29) is 43.8 Å². The summed E-state index contributed by atoms with van der Waals surface area (Å²) in [5, 5.41) is 0. The van der Waals surface area contributed by atoms with Crippen LogP contribution in [-0.2, 0) is 19.1 Å². The van der Waals surface area contributed by atoms with E-state index in [0.29, 0.717) is 47.0 Å². The van der Waals surface area contributed by atoms with E-state index in [1.54, 1.807) is 41.5 Å². The summed E-state index contributed by atoms with van der Waals surface area (Å²) in [4.78, 5) is 81.5. The van der Waals surface area contributed by atoms with Crippen LogP contribution in [0.3, 0.4) is 0 Å². The first kappa shape index (κ1) is 36.0. The molecule has 0 aromatic heterocycles. The molecule has 3 aliphatic heterocycles. The minimum absolute atomic E-state index is 0.0109. The Morgan fingerprint density at radius 1 is 0.894 bits per heavy atom. The molecule has 0 atom stereocenters. The van der Waals surface area contributed by atoms with Gasteiger partial charge in [-0.05, 0) is 41.5 Å². The number of carbonyl (C=O) groups is 6. The summed E-state index contributed by atoms with van der Waals surface area (Å²) < 4.78 is 42.9. The van der Waals surface area contributed by atoms with Gasteiger partial charge in [-0.25, -0.2) is 28.0 Å². The lowest BCUT2D eigenvalue weighted by Gasteiger charge is -2.28. The highest BCUT2D eigenvalue weighted by atomic mass is 32.2. The number of hydrogen-bond donors (Lipinski definition) is 2. The number of imide groups is 6. The van der Waals surface area contributed by atoms with Gasteiger partial charge in [0.1, 0.15) is 16.8 Å². The number of primary amides is 2. The first-order valence-electron chi connectivity index (χ1n) is 13.2. The normalized spacial score (nSPS) is 16.5. The van der Waals surface area contributed by atoms with Gasteiger partial charge in [0.25, 0.3) is 11.8 Å². The topological polar surface area (TPSA) is 204 Å². The fraction of sp³-hybridized carbons (Fsp3) is 0.333. The van der Waals surface area contributed by atoms with Crippen LogP contribution in [0.15, 0.2) is 49.7 Å². The molecule has 3 aliphatic rings. The maximum absolute atomic E-state index is 15.9. The molecule has 20 heteroatoms. The van der Waals surface area contributed by atoms with Crippen LogP contribution in [0.4, 0.5) is 28.0 Å². The van der Waals surface area contributed by atoms with Gasteiger partial charge in [-0.3, -0.25) is 9.59 Å². The Hall–Kier alpha value is -3.88. The highest BCUT2D eigenvalue weighted by Crippen LogP contribution is 2.62. The van der Waals surface area contributed by atoms with Crippen molar-refractivity contribution in [3.05, 3.63) is 31.8 Å². The molecule has 47 heavy (non-hydrogen) atoms. The third-order valence-electron chi connectivity index (χ3n) is 5.43. The van der Waals surface area contributed by atoms with Crippen molar-refractivity contribution in [2.75, 3.05) is 0 Å². The lowest BCUT2D eigenvalue weighted by molar-refractivity contribution is -0.122. The number of rotatable bonds is 1. The molecule has 3 heterocycles. The zero-order valence-electron chi connectivity index (χ0n) is 25.7. The van der Waals surface area contributed by atoms with E-state index >= 15 is 8.78 Å². The molecule has 4 rings (SSSR count). The number of halogens is 2. The molecule has 0 fully saturated rings. The van der Waals surface area contributed by atoms with Gasteiger partial charge in [-0.2, -0.15) is 19.8 Å². The summed E-state index contributed by atoms with van der Waals surface area (Å²) in [6.45, 7) is 11.2. The van der Waals surface area contributed by atoms with Crippen molar-refractivity contribution >= 4 is 94.8 Å². The van der Waals surface area contributed by atoms with Gasteiger partial charge in [0, 0.05) is 13.0 Å². The zero-order chi connectivity index (χ0) is 35.3. The number of amides is 10. The molecule has 250 valence electrons. The standard InChI is InChI=1S/C27H26F2N6O8S4/c1-9(42-26(2,3)4)32-24(40)34(22(30)38)10(36)8-11-44-15-13(28)17-18(14(29)16(15)45-11)47-21(46-17)12-19(43-27(5,6)7)33-25(41)35(20(12)37)23(31)39/h8H,1-7H3,(H2,30,38)(H2,31,39). The Morgan fingerprint density at radius 2 is 1.40 bits per heavy atom. The molecule has 1 aromatic rings. The number of nitrogens with zero attached hydrogens (tertiary/aromatic N) is 4. The van der Waals surface area contributed by atoms with Crippen molar-refractivity contribution in [2.24, 2.45) is 21.5 Å². The summed E-state index contributed by atoms with van der Waals surface area (Å²) in [7, 11) is 0. The third-order valence-corrected chi connectivity index (χ3v) is 10.5. The number of urea groups is 4. The van der Waals surface area contributed by atoms with Crippen molar-refractivity contribution in [1.29, 1.82) is 0 Å². The van der Waals surface area contributed by atoms with Crippen LogP contribution in [0.1, 0.15) is 48.5 Å². The second kappa shape index (κ2) is 13.0. The van der Waals surface area contributed by atoms with E-state index in [1.807, 2.05) is 0 Å². The first-order valence-corrected chi connectivity index (χ1v) is 16.5. The summed E-state index contributed by atoms with van der Waals surface area (Å²) in [5.41, 5.74) is 8.37. The smallest absolute Gasteiger partial charge is 0.362 e. The predicted molar refractivity (Wildman–Crippen MR) is 171 cm³/mol. The molecule has 4 N–H and O–H groups in total. The molecule has 0 saturated carbocycles. The Balaban J connectivity index is 1.67. The highest BCUT2D eigenvalue weighted by molar-refractivity contribution is 8.25. The van der Waals surface area contributed by atoms with E-state index in [2.05, 4.69) is 9.98 Å². The summed E-state index contributed by atoms with van der Waals surface area (Å²) in [6.07, 6.45) is 0.813. The molecule has 1 aromatic carbocycles. The number of carbonyl (C=O) groups excluding carboxylic acids is 6. The average molecular weight is 729 g/mol. The van der Waals surface area contributed by atoms with E-state index in [9.17, 15) is 28.8 Å². The van der Waals surface area contributed by atoms with E-state index < -0.39 is 70.2 Å². The Kier molecular flexibility index (Phi) is 9.92. The summed E-state index contributed by atoms with van der Waals surface area (Å²) in [5.74, 6) is -4.79. The fourth-order valence-corrected chi connectivity index (χ4v) is 8.99. The fourth-order valence-electron chi connectivity index (χ4n) is 3.89. The van der Waals surface area contributed by atoms with E-state index in [4.69, 9.17) is 20.9 Å². The molecular weight excluding hydrogens is 703 g/mol. The van der Waals surface area contributed by atoms with Crippen LogP contribution in [0.5, 0.6) is 0 Å². The molecule has 0 bridgehead atoms. The van der Waals surface area contributed by atoms with Gasteiger partial charge >= 0.3 is 24.1 Å². The molecule has 0 aliphatic carbocycles. The van der Waals surface area contributed by atoms with Gasteiger partial charge in [0.15, 0.2) is 17.5 Å². The quantitative estimate of drug-likeness (QED) is 0.196. The van der Waals surface area contributed by atoms with Crippen LogP contribution in [0.25, 0.3) is 0 Å². The van der Waals surface area contributed by atoms with Crippen LogP contribution in [0.2, 0.25) is 0 Å². The van der Waals surface area contributed by atoms with Gasteiger partial charge in [0.05, 0.1) is 28.1 Å². The summed E-state index contributed by atoms with van der Waals surface area (Å²) >= 11 is 2.59. The average Bonchev–Trinajstić information content (AvgIpc) is 3.50. The maximum atomic E-state index is 15.9. The molecular formula is C27H26F2N6O8S4. The predicted octanol–water partition coefficient (Wildman–Crippen LogP) is 5.93. The Labute approximate surface area is 283 Å². The van der Waals surface area contributed by atoms with Crippen molar-refractivity contribution in [1.82, 2.24) is 9.80 Å². The molecule has 0 saturated heterocycles. The molecule has 14 nitrogen and oxygen atoms in total. The number of hydrogen-bond acceptors (Lipinski definition) is 12. The largest absolute Gasteiger partial charge is 0.475 e. The highest BCUT2D eigenvalue weighted by Gasteiger charge is 2.44. The number of benzene rings is 1. The molecule has 10 amide bonds. The molecule has 0 spiro atoms. The number of nitrogens with two attached hydrogens (primary N) is 2. The van der Waals surface area contributed by atoms with E-state index in [1.165, 1.54) is 6.92 Å². The second-order valence-corrected chi connectivity index (χ2v) is 16.2. The SMILES string of the molecule is CC(=NC(=O)N(C(N)=O)C(=O)C=C1Sc2c(F)c3c(c(F)c2S1)SC(=C1C(=O)N(C(N)=O)C(=O)N=C1OC(C)(C)C)S3)OC(C)(C)C. The third kappa shape index (κ3) is 7.65. The van der Waals surface area contributed by atoms with Gasteiger partial charge in [-0.15, -0.1) is 0 Å². The number of thioether (sulfide) groups is 4. The van der Waals surface area contributed by atoms with Crippen LogP contribution in [0, 0.1) is 11.6 Å². The van der Waals surface area contributed by atoms with Crippen LogP contribution < -0.4 is 11.5 Å². The van der Waals surface area contributed by atoms with Gasteiger partial charge in [-0.1, -0.05) is 47.0 Å². The Bertz CT molecular complexity index is 1750. The Morgan fingerprint density at radius 3 is 1.85 bits per heavy atom. The van der Waals surface area contributed by atoms with E-state index in [0.717, 1.165) is 6.08 Å². The molecule has 0 unspecified atom stereocenters. The van der Waals surface area contributed by atoms with Crippen molar-refractivity contribution in [3.8, 4) is 0 Å². The minimum Gasteiger partial charge on any atom is -0.475 e.